The molecule has 28 heavy (non-hydrogen) atoms. The summed E-state index contributed by atoms with van der Waals surface area (Å²) < 4.78 is 8.52. The second kappa shape index (κ2) is 7.55. The molecule has 1 aromatic carbocycles. The van der Waals surface area contributed by atoms with Crippen molar-refractivity contribution in [3.8, 4) is 5.75 Å². The molecule has 0 unspecified atom stereocenters. The van der Waals surface area contributed by atoms with Gasteiger partial charge in [0.2, 0.25) is 0 Å². The molecule has 2 fully saturated rings. The Labute approximate surface area is 166 Å². The highest BCUT2D eigenvalue weighted by Crippen LogP contribution is 2.34. The highest BCUT2D eigenvalue weighted by Gasteiger charge is 2.23. The third kappa shape index (κ3) is 3.51. The summed E-state index contributed by atoms with van der Waals surface area (Å²) in [7, 11) is 2.08. The van der Waals surface area contributed by atoms with E-state index in [0.717, 1.165) is 44.0 Å². The maximum atomic E-state index is 6.38. The van der Waals surface area contributed by atoms with Gasteiger partial charge in [-0.05, 0) is 43.9 Å². The fraction of sp³-hybridized carbons (Fsp3) is 0.478. The fourth-order valence-corrected chi connectivity index (χ4v) is 4.32. The summed E-state index contributed by atoms with van der Waals surface area (Å²) in [6, 6.07) is 8.46. The van der Waals surface area contributed by atoms with Crippen molar-refractivity contribution in [1.29, 1.82) is 0 Å². The lowest BCUT2D eigenvalue weighted by Gasteiger charge is -2.32. The van der Waals surface area contributed by atoms with E-state index in [0.29, 0.717) is 12.0 Å². The van der Waals surface area contributed by atoms with E-state index in [2.05, 4.69) is 56.9 Å². The molecule has 0 spiro atoms. The van der Waals surface area contributed by atoms with Crippen LogP contribution in [-0.2, 0) is 13.6 Å². The van der Waals surface area contributed by atoms with Crippen molar-refractivity contribution in [3.05, 3.63) is 54.2 Å². The van der Waals surface area contributed by atoms with Crippen LogP contribution in [0.15, 0.2) is 42.9 Å². The van der Waals surface area contributed by atoms with E-state index in [-0.39, 0.29) is 0 Å². The summed E-state index contributed by atoms with van der Waals surface area (Å²) in [6.07, 6.45) is 12.4. The largest absolute Gasteiger partial charge is 0.490 e. The number of hydrogen-bond acceptors (Lipinski definition) is 4. The molecule has 1 saturated carbocycles. The number of rotatable bonds is 5. The Morgan fingerprint density at radius 3 is 2.54 bits per heavy atom. The van der Waals surface area contributed by atoms with Crippen molar-refractivity contribution in [3.63, 3.8) is 0 Å². The van der Waals surface area contributed by atoms with E-state index in [1.165, 1.54) is 35.7 Å². The molecule has 1 aliphatic heterocycles. The second-order valence-corrected chi connectivity index (χ2v) is 8.29. The van der Waals surface area contributed by atoms with Crippen LogP contribution in [-0.4, -0.2) is 38.6 Å². The number of fused-ring (bicyclic) bond motifs is 1. The maximum absolute atomic E-state index is 6.38. The van der Waals surface area contributed by atoms with Crippen LogP contribution in [0.4, 0.5) is 0 Å². The first-order valence-electron chi connectivity index (χ1n) is 10.5. The molecule has 0 amide bonds. The first kappa shape index (κ1) is 17.7. The molecule has 146 valence electrons. The zero-order valence-corrected chi connectivity index (χ0v) is 16.6. The first-order valence-corrected chi connectivity index (χ1v) is 10.5. The van der Waals surface area contributed by atoms with Gasteiger partial charge in [0.1, 0.15) is 17.7 Å². The molecule has 1 aliphatic carbocycles. The van der Waals surface area contributed by atoms with Crippen molar-refractivity contribution in [2.45, 2.75) is 50.7 Å². The van der Waals surface area contributed by atoms with E-state index in [1.54, 1.807) is 0 Å². The summed E-state index contributed by atoms with van der Waals surface area (Å²) in [5.41, 5.74) is 2.44. The minimum absolute atomic E-state index is 0.291. The third-order valence-corrected chi connectivity index (χ3v) is 6.32. The van der Waals surface area contributed by atoms with Gasteiger partial charge in [-0.15, -0.1) is 0 Å². The Hall–Kier alpha value is -2.40. The summed E-state index contributed by atoms with van der Waals surface area (Å²) in [4.78, 5) is 11.7. The first-order chi connectivity index (χ1) is 13.8. The predicted octanol–water partition coefficient (Wildman–Crippen LogP) is 4.28. The number of likely N-dealkylation sites (tertiary alicyclic amines) is 1. The van der Waals surface area contributed by atoms with Gasteiger partial charge in [0.05, 0.1) is 5.52 Å². The van der Waals surface area contributed by atoms with Crippen molar-refractivity contribution >= 4 is 10.9 Å². The van der Waals surface area contributed by atoms with Crippen LogP contribution in [0.25, 0.3) is 10.9 Å². The van der Waals surface area contributed by atoms with Crippen LogP contribution in [0.5, 0.6) is 5.75 Å². The zero-order chi connectivity index (χ0) is 18.9. The molecule has 5 nitrogen and oxygen atoms in total. The second-order valence-electron chi connectivity index (χ2n) is 8.29. The fourth-order valence-electron chi connectivity index (χ4n) is 4.32. The molecule has 0 N–H and O–H groups in total. The minimum Gasteiger partial charge on any atom is -0.490 e. The lowest BCUT2D eigenvalue weighted by Crippen LogP contribution is -2.37. The van der Waals surface area contributed by atoms with Gasteiger partial charge in [-0.25, -0.2) is 9.97 Å². The third-order valence-electron chi connectivity index (χ3n) is 6.32. The Balaban J connectivity index is 1.16. The molecule has 0 radical (unpaired) electrons. The average molecular weight is 377 g/mol. The van der Waals surface area contributed by atoms with Gasteiger partial charge in [0, 0.05) is 62.1 Å². The molecule has 3 heterocycles. The number of nitrogens with zero attached hydrogens (tertiary/aromatic N) is 4. The lowest BCUT2D eigenvalue weighted by atomic mass is 9.85. The molecule has 2 aromatic heterocycles. The number of piperidine rings is 1. The van der Waals surface area contributed by atoms with E-state index in [4.69, 9.17) is 4.74 Å². The molecule has 0 atom stereocenters. The maximum Gasteiger partial charge on any atom is 0.131 e. The van der Waals surface area contributed by atoms with Gasteiger partial charge in [0.25, 0.3) is 0 Å². The lowest BCUT2D eigenvalue weighted by molar-refractivity contribution is 0.0978. The van der Waals surface area contributed by atoms with E-state index >= 15 is 0 Å². The normalized spacial score (nSPS) is 19.0. The molecule has 5 rings (SSSR count). The summed E-state index contributed by atoms with van der Waals surface area (Å²) in [6.45, 7) is 3.05. The summed E-state index contributed by atoms with van der Waals surface area (Å²) >= 11 is 0. The molecular formula is C23H28N4O. The standard InChI is InChI=1S/C23H28N4O/c1-26-11-10-20-21(26)6-3-7-22(20)28-19-8-12-27(13-9-19)16-17-14-24-23(25-15-17)18-4-2-5-18/h3,6-7,10-11,14-15,18-19H,2,4-5,8-9,12-13,16H2,1H3. The minimum atomic E-state index is 0.291. The zero-order valence-electron chi connectivity index (χ0n) is 16.6. The van der Waals surface area contributed by atoms with Crippen LogP contribution < -0.4 is 4.74 Å². The van der Waals surface area contributed by atoms with Crippen molar-refractivity contribution in [1.82, 2.24) is 19.4 Å². The molecule has 2 aliphatic rings. The Morgan fingerprint density at radius 1 is 1.04 bits per heavy atom. The molecule has 1 saturated heterocycles. The molecular weight excluding hydrogens is 348 g/mol. The smallest absolute Gasteiger partial charge is 0.131 e. The van der Waals surface area contributed by atoms with Gasteiger partial charge in [-0.3, -0.25) is 4.90 Å². The van der Waals surface area contributed by atoms with E-state index < -0.39 is 0 Å². The molecule has 3 aromatic rings. The number of hydrogen-bond donors (Lipinski definition) is 0. The van der Waals surface area contributed by atoms with Crippen molar-refractivity contribution in [2.75, 3.05) is 13.1 Å². The Bertz CT molecular complexity index is 937. The predicted molar refractivity (Wildman–Crippen MR) is 110 cm³/mol. The highest BCUT2D eigenvalue weighted by atomic mass is 16.5. The Kier molecular flexibility index (Phi) is 4.77. The molecule has 5 heteroatoms. The monoisotopic (exact) mass is 376 g/mol. The van der Waals surface area contributed by atoms with Crippen LogP contribution in [0, 0.1) is 0 Å². The number of benzene rings is 1. The van der Waals surface area contributed by atoms with Gasteiger partial charge < -0.3 is 9.30 Å². The SMILES string of the molecule is Cn1ccc2c(OC3CCN(Cc4cnc(C5CCC5)nc4)CC3)cccc21. The van der Waals surface area contributed by atoms with Crippen LogP contribution in [0.3, 0.4) is 0 Å². The summed E-state index contributed by atoms with van der Waals surface area (Å²) in [5.74, 6) is 2.66. The van der Waals surface area contributed by atoms with Gasteiger partial charge in [0.15, 0.2) is 0 Å². The molecule has 0 bridgehead atoms. The van der Waals surface area contributed by atoms with Crippen molar-refractivity contribution in [2.24, 2.45) is 7.05 Å². The number of aryl methyl sites for hydroxylation is 1. The van der Waals surface area contributed by atoms with Gasteiger partial charge in [-0.1, -0.05) is 12.5 Å². The summed E-state index contributed by atoms with van der Waals surface area (Å²) in [5, 5.41) is 1.20. The average Bonchev–Trinajstić information content (AvgIpc) is 3.06. The van der Waals surface area contributed by atoms with Crippen LogP contribution in [0.1, 0.15) is 49.4 Å². The number of aromatic nitrogens is 3. The van der Waals surface area contributed by atoms with Gasteiger partial charge in [-0.2, -0.15) is 0 Å². The van der Waals surface area contributed by atoms with Crippen LogP contribution in [0.2, 0.25) is 0 Å². The quantitative estimate of drug-likeness (QED) is 0.667. The Morgan fingerprint density at radius 2 is 1.82 bits per heavy atom. The van der Waals surface area contributed by atoms with E-state index in [9.17, 15) is 0 Å². The topological polar surface area (TPSA) is 43.2 Å². The van der Waals surface area contributed by atoms with Gasteiger partial charge >= 0.3 is 0 Å². The number of ether oxygens (including phenoxy) is 1. The van der Waals surface area contributed by atoms with Crippen LogP contribution >= 0.6 is 0 Å². The highest BCUT2D eigenvalue weighted by molar-refractivity contribution is 5.86. The van der Waals surface area contributed by atoms with E-state index in [1.807, 2.05) is 12.4 Å². The van der Waals surface area contributed by atoms with Crippen molar-refractivity contribution < 1.29 is 4.74 Å².